The molecule has 0 bridgehead atoms. The van der Waals surface area contributed by atoms with Gasteiger partial charge >= 0.3 is 0 Å². The van der Waals surface area contributed by atoms with E-state index in [9.17, 15) is 9.59 Å². The summed E-state index contributed by atoms with van der Waals surface area (Å²) in [7, 11) is 2.13. The zero-order valence-corrected chi connectivity index (χ0v) is 12.0. The van der Waals surface area contributed by atoms with Gasteiger partial charge in [0.05, 0.1) is 5.92 Å². The third-order valence-corrected chi connectivity index (χ3v) is 4.54. The number of hydrogen-bond donors (Lipinski definition) is 0. The lowest BCUT2D eigenvalue weighted by molar-refractivity contribution is -0.142. The number of fused-ring (bicyclic) bond motifs is 1. The van der Waals surface area contributed by atoms with E-state index in [1.807, 2.05) is 20.8 Å². The molecule has 0 aromatic rings. The molecule has 102 valence electrons. The van der Waals surface area contributed by atoms with Crippen LogP contribution in [-0.2, 0) is 9.59 Å². The Morgan fingerprint density at radius 2 is 1.94 bits per heavy atom. The lowest BCUT2D eigenvalue weighted by Gasteiger charge is -2.42. The SMILES string of the molecule is CN1CCC2CC(=O)C(C(=O)C(C)(C)C)CC2C1. The first-order chi connectivity index (χ1) is 8.29. The summed E-state index contributed by atoms with van der Waals surface area (Å²) in [6.45, 7) is 7.89. The minimum atomic E-state index is -0.395. The van der Waals surface area contributed by atoms with Crippen molar-refractivity contribution in [3.8, 4) is 0 Å². The van der Waals surface area contributed by atoms with E-state index in [0.29, 0.717) is 18.3 Å². The fraction of sp³-hybridized carbons (Fsp3) is 0.867. The summed E-state index contributed by atoms with van der Waals surface area (Å²) in [5, 5.41) is 0. The Bertz CT molecular complexity index is 356. The van der Waals surface area contributed by atoms with Gasteiger partial charge in [-0.15, -0.1) is 0 Å². The van der Waals surface area contributed by atoms with Crippen molar-refractivity contribution in [2.24, 2.45) is 23.2 Å². The minimum absolute atomic E-state index is 0.138. The van der Waals surface area contributed by atoms with Gasteiger partial charge in [0.25, 0.3) is 0 Å². The molecular weight excluding hydrogens is 226 g/mol. The second-order valence-electron chi connectivity index (χ2n) is 7.14. The molecule has 3 nitrogen and oxygen atoms in total. The van der Waals surface area contributed by atoms with Gasteiger partial charge in [0.15, 0.2) is 0 Å². The normalized spacial score (nSPS) is 34.2. The van der Waals surface area contributed by atoms with Crippen LogP contribution in [0, 0.1) is 23.2 Å². The van der Waals surface area contributed by atoms with Gasteiger partial charge in [0.2, 0.25) is 0 Å². The Morgan fingerprint density at radius 3 is 2.56 bits per heavy atom. The zero-order valence-electron chi connectivity index (χ0n) is 12.0. The van der Waals surface area contributed by atoms with Gasteiger partial charge in [-0.05, 0) is 38.3 Å². The van der Waals surface area contributed by atoms with Crippen molar-refractivity contribution in [2.45, 2.75) is 40.0 Å². The maximum atomic E-state index is 12.4. The fourth-order valence-electron chi connectivity index (χ4n) is 3.41. The quantitative estimate of drug-likeness (QED) is 0.670. The molecule has 1 aliphatic heterocycles. The molecule has 3 unspecified atom stereocenters. The third kappa shape index (κ3) is 2.66. The molecule has 0 aromatic heterocycles. The van der Waals surface area contributed by atoms with E-state index < -0.39 is 5.41 Å². The van der Waals surface area contributed by atoms with Crippen molar-refractivity contribution in [3.63, 3.8) is 0 Å². The number of rotatable bonds is 1. The van der Waals surface area contributed by atoms with Crippen LogP contribution in [0.2, 0.25) is 0 Å². The van der Waals surface area contributed by atoms with Crippen molar-refractivity contribution < 1.29 is 9.59 Å². The summed E-state index contributed by atoms with van der Waals surface area (Å²) < 4.78 is 0. The van der Waals surface area contributed by atoms with Crippen molar-refractivity contribution in [3.05, 3.63) is 0 Å². The van der Waals surface area contributed by atoms with Gasteiger partial charge in [-0.3, -0.25) is 9.59 Å². The standard InChI is InChI=1S/C15H25NO2/c1-15(2,3)14(18)12-7-11-9-16(4)6-5-10(11)8-13(12)17/h10-12H,5-9H2,1-4H3. The smallest absolute Gasteiger partial charge is 0.148 e. The molecule has 0 aromatic carbocycles. The topological polar surface area (TPSA) is 37.4 Å². The van der Waals surface area contributed by atoms with Crippen molar-refractivity contribution in [1.29, 1.82) is 0 Å². The van der Waals surface area contributed by atoms with E-state index in [1.54, 1.807) is 0 Å². The molecule has 0 spiro atoms. The molecule has 1 heterocycles. The van der Waals surface area contributed by atoms with Crippen LogP contribution in [0.5, 0.6) is 0 Å². The Balaban J connectivity index is 2.10. The van der Waals surface area contributed by atoms with Crippen LogP contribution < -0.4 is 0 Å². The van der Waals surface area contributed by atoms with E-state index in [2.05, 4.69) is 11.9 Å². The maximum Gasteiger partial charge on any atom is 0.148 e. The van der Waals surface area contributed by atoms with E-state index in [1.165, 1.54) is 0 Å². The number of Topliss-reactive ketones (excluding diaryl/α,β-unsaturated/α-hetero) is 2. The summed E-state index contributed by atoms with van der Waals surface area (Å²) in [5.74, 6) is 1.06. The van der Waals surface area contributed by atoms with Gasteiger partial charge < -0.3 is 4.90 Å². The molecule has 18 heavy (non-hydrogen) atoms. The van der Waals surface area contributed by atoms with Gasteiger partial charge in [-0.25, -0.2) is 0 Å². The molecule has 1 saturated heterocycles. The zero-order chi connectivity index (χ0) is 13.5. The molecule has 2 fully saturated rings. The summed E-state index contributed by atoms with van der Waals surface area (Å²) in [6, 6.07) is 0. The molecule has 2 rings (SSSR count). The highest BCUT2D eigenvalue weighted by Crippen LogP contribution is 2.39. The lowest BCUT2D eigenvalue weighted by Crippen LogP contribution is -2.47. The van der Waals surface area contributed by atoms with Gasteiger partial charge in [-0.1, -0.05) is 20.8 Å². The largest absolute Gasteiger partial charge is 0.306 e. The Kier molecular flexibility index (Phi) is 3.63. The average Bonchev–Trinajstić information content (AvgIpc) is 2.26. The highest BCUT2D eigenvalue weighted by molar-refractivity contribution is 6.05. The summed E-state index contributed by atoms with van der Waals surface area (Å²) in [6.07, 6.45) is 2.53. The number of ketones is 2. The summed E-state index contributed by atoms with van der Waals surface area (Å²) >= 11 is 0. The Hall–Kier alpha value is -0.700. The van der Waals surface area contributed by atoms with Crippen LogP contribution in [0.3, 0.4) is 0 Å². The molecule has 1 aliphatic carbocycles. The molecule has 1 saturated carbocycles. The molecule has 2 aliphatic rings. The number of nitrogens with zero attached hydrogens (tertiary/aromatic N) is 1. The second kappa shape index (κ2) is 4.76. The van der Waals surface area contributed by atoms with Crippen LogP contribution in [0.1, 0.15) is 40.0 Å². The monoisotopic (exact) mass is 251 g/mol. The van der Waals surface area contributed by atoms with E-state index in [-0.39, 0.29) is 17.5 Å². The van der Waals surface area contributed by atoms with E-state index in [0.717, 1.165) is 25.9 Å². The first-order valence-electron chi connectivity index (χ1n) is 7.04. The molecule has 0 N–H and O–H groups in total. The average molecular weight is 251 g/mol. The van der Waals surface area contributed by atoms with Crippen LogP contribution in [-0.4, -0.2) is 36.6 Å². The van der Waals surface area contributed by atoms with E-state index >= 15 is 0 Å². The highest BCUT2D eigenvalue weighted by Gasteiger charge is 2.43. The van der Waals surface area contributed by atoms with Crippen LogP contribution in [0.25, 0.3) is 0 Å². The number of likely N-dealkylation sites (tertiary alicyclic amines) is 1. The molecule has 0 amide bonds. The number of carbonyl (C=O) groups excluding carboxylic acids is 2. The Labute approximate surface area is 110 Å². The number of carbonyl (C=O) groups is 2. The predicted octanol–water partition coefficient (Wildman–Crippen LogP) is 2.15. The van der Waals surface area contributed by atoms with Crippen LogP contribution in [0.15, 0.2) is 0 Å². The van der Waals surface area contributed by atoms with Crippen molar-refractivity contribution in [1.82, 2.24) is 4.90 Å². The second-order valence-corrected chi connectivity index (χ2v) is 7.14. The summed E-state index contributed by atoms with van der Waals surface area (Å²) in [4.78, 5) is 26.9. The minimum Gasteiger partial charge on any atom is -0.306 e. The van der Waals surface area contributed by atoms with E-state index in [4.69, 9.17) is 0 Å². The highest BCUT2D eigenvalue weighted by atomic mass is 16.2. The molecule has 3 heteroatoms. The third-order valence-electron chi connectivity index (χ3n) is 4.54. The Morgan fingerprint density at radius 1 is 1.28 bits per heavy atom. The first-order valence-corrected chi connectivity index (χ1v) is 7.04. The molecular formula is C15H25NO2. The number of piperidine rings is 1. The van der Waals surface area contributed by atoms with Gasteiger partial charge in [0, 0.05) is 18.4 Å². The van der Waals surface area contributed by atoms with Crippen LogP contribution in [0.4, 0.5) is 0 Å². The predicted molar refractivity (Wildman–Crippen MR) is 71.3 cm³/mol. The summed E-state index contributed by atoms with van der Waals surface area (Å²) in [5.41, 5.74) is -0.395. The van der Waals surface area contributed by atoms with Crippen LogP contribution >= 0.6 is 0 Å². The van der Waals surface area contributed by atoms with Crippen molar-refractivity contribution >= 4 is 11.6 Å². The van der Waals surface area contributed by atoms with Gasteiger partial charge in [0.1, 0.15) is 11.6 Å². The fourth-order valence-corrected chi connectivity index (χ4v) is 3.41. The molecule has 3 atom stereocenters. The van der Waals surface area contributed by atoms with Gasteiger partial charge in [-0.2, -0.15) is 0 Å². The number of hydrogen-bond acceptors (Lipinski definition) is 3. The maximum absolute atomic E-state index is 12.4. The lowest BCUT2D eigenvalue weighted by atomic mass is 9.66. The first kappa shape index (κ1) is 13.7. The molecule has 0 radical (unpaired) electrons. The van der Waals surface area contributed by atoms with Crippen molar-refractivity contribution in [2.75, 3.05) is 20.1 Å².